The lowest BCUT2D eigenvalue weighted by molar-refractivity contribution is -0.134. The van der Waals surface area contributed by atoms with E-state index < -0.39 is 5.97 Å². The van der Waals surface area contributed by atoms with Crippen LogP contribution in [-0.4, -0.2) is 33.0 Å². The molecule has 0 bridgehead atoms. The van der Waals surface area contributed by atoms with Crippen LogP contribution in [0.15, 0.2) is 96.2 Å². The quantitative estimate of drug-likeness (QED) is 0.322. The number of carbonyl (C=O) groups excluding carboxylic acids is 1. The fourth-order valence-corrected chi connectivity index (χ4v) is 2.97. The third kappa shape index (κ3) is 6.88. The molecule has 0 unspecified atom stereocenters. The fraction of sp³-hybridized carbons (Fsp3) is 0.0400. The van der Waals surface area contributed by atoms with E-state index in [9.17, 15) is 4.79 Å². The number of carboxylic acids is 1. The van der Waals surface area contributed by atoms with E-state index in [0.717, 1.165) is 29.4 Å². The molecule has 2 N–H and O–H groups in total. The SMILES string of the molecule is CC(=O)O.O=C(N/N=C/c1cn(-c2ccccc2)nc1-c1ccccc1)c1ccc(Cl)cc1. The number of nitrogens with zero attached hydrogens (tertiary/aromatic N) is 3. The number of aliphatic carboxylic acids is 1. The van der Waals surface area contributed by atoms with Crippen molar-refractivity contribution in [1.82, 2.24) is 15.2 Å². The number of carbonyl (C=O) groups is 2. The topological polar surface area (TPSA) is 96.6 Å². The van der Waals surface area contributed by atoms with E-state index in [4.69, 9.17) is 26.6 Å². The predicted octanol–water partition coefficient (Wildman–Crippen LogP) is 5.05. The van der Waals surface area contributed by atoms with Crippen LogP contribution in [0.4, 0.5) is 0 Å². The molecular formula is C25H21ClN4O3. The van der Waals surface area contributed by atoms with Gasteiger partial charge in [-0.1, -0.05) is 60.1 Å². The summed E-state index contributed by atoms with van der Waals surface area (Å²) in [5.74, 6) is -1.14. The van der Waals surface area contributed by atoms with Gasteiger partial charge in [-0.25, -0.2) is 10.1 Å². The smallest absolute Gasteiger partial charge is 0.300 e. The summed E-state index contributed by atoms with van der Waals surface area (Å²) in [6.45, 7) is 1.08. The van der Waals surface area contributed by atoms with Crippen LogP contribution in [0.2, 0.25) is 5.02 Å². The number of halogens is 1. The Hall–Kier alpha value is -4.23. The Morgan fingerprint density at radius 1 is 0.970 bits per heavy atom. The third-order valence-corrected chi connectivity index (χ3v) is 4.54. The molecule has 3 aromatic carbocycles. The number of hydrogen-bond donors (Lipinski definition) is 2. The third-order valence-electron chi connectivity index (χ3n) is 4.29. The minimum absolute atomic E-state index is 0.311. The first-order valence-corrected chi connectivity index (χ1v) is 10.3. The minimum Gasteiger partial charge on any atom is -0.481 e. The molecule has 0 aliphatic heterocycles. The van der Waals surface area contributed by atoms with Crippen LogP contribution < -0.4 is 5.43 Å². The number of benzene rings is 3. The second kappa shape index (κ2) is 11.4. The highest BCUT2D eigenvalue weighted by Crippen LogP contribution is 2.22. The molecular weight excluding hydrogens is 440 g/mol. The zero-order chi connectivity index (χ0) is 23.6. The van der Waals surface area contributed by atoms with Crippen molar-refractivity contribution in [2.24, 2.45) is 5.10 Å². The Balaban J connectivity index is 0.000000709. The molecule has 166 valence electrons. The average Bonchev–Trinajstić information content (AvgIpc) is 3.24. The largest absolute Gasteiger partial charge is 0.481 e. The van der Waals surface area contributed by atoms with E-state index in [1.54, 1.807) is 35.2 Å². The monoisotopic (exact) mass is 460 g/mol. The van der Waals surface area contributed by atoms with Gasteiger partial charge in [-0.15, -0.1) is 0 Å². The van der Waals surface area contributed by atoms with Gasteiger partial charge in [-0.3, -0.25) is 9.59 Å². The van der Waals surface area contributed by atoms with Crippen molar-refractivity contribution >= 4 is 29.7 Å². The van der Waals surface area contributed by atoms with E-state index in [1.165, 1.54) is 0 Å². The van der Waals surface area contributed by atoms with Crippen LogP contribution in [-0.2, 0) is 4.79 Å². The number of nitrogens with one attached hydrogen (secondary N) is 1. The highest BCUT2D eigenvalue weighted by molar-refractivity contribution is 6.30. The van der Waals surface area contributed by atoms with Crippen molar-refractivity contribution < 1.29 is 14.7 Å². The second-order valence-electron chi connectivity index (χ2n) is 6.80. The summed E-state index contributed by atoms with van der Waals surface area (Å²) < 4.78 is 1.80. The summed E-state index contributed by atoms with van der Waals surface area (Å²) in [5.41, 5.74) is 6.50. The van der Waals surface area contributed by atoms with E-state index in [-0.39, 0.29) is 5.91 Å². The lowest BCUT2D eigenvalue weighted by Crippen LogP contribution is -2.17. The molecule has 0 fully saturated rings. The summed E-state index contributed by atoms with van der Waals surface area (Å²) in [6, 6.07) is 26.3. The zero-order valence-corrected chi connectivity index (χ0v) is 18.5. The molecule has 8 heteroatoms. The van der Waals surface area contributed by atoms with Crippen molar-refractivity contribution in [3.63, 3.8) is 0 Å². The van der Waals surface area contributed by atoms with Gasteiger partial charge < -0.3 is 5.11 Å². The Bertz CT molecular complexity index is 1230. The first kappa shape index (κ1) is 23.4. The number of carboxylic acid groups (broad SMARTS) is 1. The number of aromatic nitrogens is 2. The molecule has 7 nitrogen and oxygen atoms in total. The van der Waals surface area contributed by atoms with Crippen LogP contribution in [0.5, 0.6) is 0 Å². The molecule has 4 rings (SSSR count). The van der Waals surface area contributed by atoms with E-state index in [0.29, 0.717) is 10.6 Å². The molecule has 33 heavy (non-hydrogen) atoms. The van der Waals surface area contributed by atoms with Gasteiger partial charge in [0.05, 0.1) is 11.9 Å². The second-order valence-corrected chi connectivity index (χ2v) is 7.24. The maximum absolute atomic E-state index is 12.2. The van der Waals surface area contributed by atoms with Gasteiger partial charge in [-0.05, 0) is 36.4 Å². The maximum Gasteiger partial charge on any atom is 0.300 e. The summed E-state index contributed by atoms with van der Waals surface area (Å²) >= 11 is 5.86. The van der Waals surface area contributed by atoms with Crippen LogP contribution >= 0.6 is 11.6 Å². The van der Waals surface area contributed by atoms with E-state index in [2.05, 4.69) is 10.5 Å². The first-order valence-electron chi connectivity index (χ1n) is 9.93. The summed E-state index contributed by atoms with van der Waals surface area (Å²) in [5, 5.41) is 16.8. The van der Waals surface area contributed by atoms with Crippen LogP contribution in [0, 0.1) is 0 Å². The summed E-state index contributed by atoms with van der Waals surface area (Å²) in [6.07, 6.45) is 3.48. The van der Waals surface area contributed by atoms with Gasteiger partial charge in [0.1, 0.15) is 5.69 Å². The lowest BCUT2D eigenvalue weighted by atomic mass is 10.1. The molecule has 0 saturated carbocycles. The maximum atomic E-state index is 12.2. The molecule has 4 aromatic rings. The number of para-hydroxylation sites is 1. The van der Waals surface area contributed by atoms with E-state index in [1.807, 2.05) is 66.9 Å². The Morgan fingerprint density at radius 2 is 1.55 bits per heavy atom. The van der Waals surface area contributed by atoms with Crippen molar-refractivity contribution in [3.05, 3.63) is 107 Å². The highest BCUT2D eigenvalue weighted by atomic mass is 35.5. The Morgan fingerprint density at radius 3 is 2.15 bits per heavy atom. The van der Waals surface area contributed by atoms with E-state index >= 15 is 0 Å². The molecule has 0 atom stereocenters. The highest BCUT2D eigenvalue weighted by Gasteiger charge is 2.11. The number of amides is 1. The Labute approximate surface area is 196 Å². The molecule has 1 aromatic heterocycles. The average molecular weight is 461 g/mol. The molecule has 1 amide bonds. The van der Waals surface area contributed by atoms with Crippen molar-refractivity contribution in [1.29, 1.82) is 0 Å². The normalized spacial score (nSPS) is 10.4. The Kier molecular flexibility index (Phi) is 8.10. The summed E-state index contributed by atoms with van der Waals surface area (Å²) in [4.78, 5) is 21.2. The molecule has 0 spiro atoms. The number of hydrogen-bond acceptors (Lipinski definition) is 4. The fourth-order valence-electron chi connectivity index (χ4n) is 2.84. The number of hydrazone groups is 1. The van der Waals surface area contributed by atoms with Crippen LogP contribution in [0.3, 0.4) is 0 Å². The molecule has 0 saturated heterocycles. The van der Waals surface area contributed by atoms with Gasteiger partial charge in [0, 0.05) is 34.8 Å². The predicted molar refractivity (Wildman–Crippen MR) is 129 cm³/mol. The van der Waals surface area contributed by atoms with Gasteiger partial charge in [0.25, 0.3) is 11.9 Å². The summed E-state index contributed by atoms with van der Waals surface area (Å²) in [7, 11) is 0. The van der Waals surface area contributed by atoms with Crippen molar-refractivity contribution in [2.75, 3.05) is 0 Å². The minimum atomic E-state index is -0.833. The van der Waals surface area contributed by atoms with Crippen LogP contribution in [0.1, 0.15) is 22.8 Å². The van der Waals surface area contributed by atoms with Gasteiger partial charge in [-0.2, -0.15) is 10.2 Å². The molecule has 0 aliphatic rings. The number of rotatable bonds is 5. The van der Waals surface area contributed by atoms with Gasteiger partial charge in [0.15, 0.2) is 0 Å². The zero-order valence-electron chi connectivity index (χ0n) is 17.7. The molecule has 0 radical (unpaired) electrons. The standard InChI is InChI=1S/C23H17ClN4O.C2H4O2/c24-20-13-11-18(12-14-20)23(29)26-25-15-19-16-28(21-9-5-2-6-10-21)27-22(19)17-7-3-1-4-8-17;1-2(3)4/h1-16H,(H,26,29);1H3,(H,3,4)/b25-15+;. The van der Waals surface area contributed by atoms with Crippen molar-refractivity contribution in [3.8, 4) is 16.9 Å². The first-order chi connectivity index (χ1) is 15.9. The van der Waals surface area contributed by atoms with Gasteiger partial charge in [0.2, 0.25) is 0 Å². The molecule has 0 aliphatic carbocycles. The van der Waals surface area contributed by atoms with Crippen molar-refractivity contribution in [2.45, 2.75) is 6.92 Å². The molecule has 1 heterocycles. The van der Waals surface area contributed by atoms with Gasteiger partial charge >= 0.3 is 0 Å². The van der Waals surface area contributed by atoms with Crippen LogP contribution in [0.25, 0.3) is 16.9 Å². The lowest BCUT2D eigenvalue weighted by Gasteiger charge is -2.00.